The molecule has 7 nitrogen and oxygen atoms in total. The first-order chi connectivity index (χ1) is 11.3. The van der Waals surface area contributed by atoms with E-state index in [4.69, 9.17) is 9.68 Å². The predicted octanol–water partition coefficient (Wildman–Crippen LogP) is 2.14. The van der Waals surface area contributed by atoms with Crippen LogP contribution in [0.25, 0.3) is 11.5 Å². The molecule has 23 heavy (non-hydrogen) atoms. The summed E-state index contributed by atoms with van der Waals surface area (Å²) in [4.78, 5) is 2.32. The van der Waals surface area contributed by atoms with Crippen molar-refractivity contribution in [3.63, 3.8) is 0 Å². The Hall–Kier alpha value is -2.85. The van der Waals surface area contributed by atoms with Gasteiger partial charge in [0.1, 0.15) is 17.5 Å². The molecule has 1 aliphatic heterocycles. The van der Waals surface area contributed by atoms with Gasteiger partial charge in [0.25, 0.3) is 0 Å². The van der Waals surface area contributed by atoms with Gasteiger partial charge in [0.15, 0.2) is 11.5 Å². The number of aryl methyl sites for hydroxylation is 1. The van der Waals surface area contributed by atoms with Crippen LogP contribution in [0, 0.1) is 11.3 Å². The SMILES string of the molecule is N#Cc1cc2n(n1)CCCN(Cc1ccc(-c3ccn[nH]3)o1)C2. The number of furan rings is 1. The molecule has 0 radical (unpaired) electrons. The van der Waals surface area contributed by atoms with Crippen molar-refractivity contribution >= 4 is 0 Å². The molecule has 0 fully saturated rings. The highest BCUT2D eigenvalue weighted by Gasteiger charge is 2.18. The van der Waals surface area contributed by atoms with E-state index in [2.05, 4.69) is 26.3 Å². The molecule has 3 aromatic rings. The summed E-state index contributed by atoms with van der Waals surface area (Å²) in [6, 6.07) is 9.82. The number of rotatable bonds is 3. The number of aromatic amines is 1. The lowest BCUT2D eigenvalue weighted by atomic mass is 10.3. The third kappa shape index (κ3) is 2.76. The van der Waals surface area contributed by atoms with Crippen LogP contribution in [0.2, 0.25) is 0 Å². The molecule has 0 bridgehead atoms. The van der Waals surface area contributed by atoms with Crippen molar-refractivity contribution in [1.82, 2.24) is 24.9 Å². The molecular formula is C16H16N6O. The highest BCUT2D eigenvalue weighted by molar-refractivity contribution is 5.51. The molecule has 0 aromatic carbocycles. The van der Waals surface area contributed by atoms with E-state index >= 15 is 0 Å². The predicted molar refractivity (Wildman–Crippen MR) is 82.0 cm³/mol. The average Bonchev–Trinajstić information content (AvgIpc) is 3.26. The second-order valence-corrected chi connectivity index (χ2v) is 5.66. The number of nitrogens with one attached hydrogen (secondary N) is 1. The Morgan fingerprint density at radius 2 is 2.26 bits per heavy atom. The van der Waals surface area contributed by atoms with Gasteiger partial charge in [0, 0.05) is 25.8 Å². The number of hydrogen-bond acceptors (Lipinski definition) is 5. The Balaban J connectivity index is 1.49. The molecule has 1 aliphatic rings. The highest BCUT2D eigenvalue weighted by atomic mass is 16.3. The zero-order chi connectivity index (χ0) is 15.6. The van der Waals surface area contributed by atoms with Crippen molar-refractivity contribution < 1.29 is 4.42 Å². The van der Waals surface area contributed by atoms with E-state index in [1.165, 1.54) is 0 Å². The van der Waals surface area contributed by atoms with Crippen molar-refractivity contribution in [1.29, 1.82) is 5.26 Å². The summed E-state index contributed by atoms with van der Waals surface area (Å²) in [5, 5.41) is 20.1. The summed E-state index contributed by atoms with van der Waals surface area (Å²) in [7, 11) is 0. The number of hydrogen-bond donors (Lipinski definition) is 1. The van der Waals surface area contributed by atoms with Crippen LogP contribution in [0.1, 0.15) is 23.6 Å². The van der Waals surface area contributed by atoms with Gasteiger partial charge in [0.05, 0.1) is 12.2 Å². The second-order valence-electron chi connectivity index (χ2n) is 5.66. The Morgan fingerprint density at radius 1 is 1.30 bits per heavy atom. The normalized spacial score (nSPS) is 15.1. The second kappa shape index (κ2) is 5.74. The van der Waals surface area contributed by atoms with Crippen LogP contribution < -0.4 is 0 Å². The van der Waals surface area contributed by atoms with Gasteiger partial charge >= 0.3 is 0 Å². The summed E-state index contributed by atoms with van der Waals surface area (Å²) < 4.78 is 7.84. The molecule has 116 valence electrons. The lowest BCUT2D eigenvalue weighted by Crippen LogP contribution is -2.22. The quantitative estimate of drug-likeness (QED) is 0.801. The molecule has 7 heteroatoms. The summed E-state index contributed by atoms with van der Waals surface area (Å²) in [5.74, 6) is 1.72. The lowest BCUT2D eigenvalue weighted by molar-refractivity contribution is 0.240. The van der Waals surface area contributed by atoms with Crippen LogP contribution in [-0.2, 0) is 19.6 Å². The van der Waals surface area contributed by atoms with Crippen LogP contribution in [0.3, 0.4) is 0 Å². The van der Waals surface area contributed by atoms with E-state index in [0.29, 0.717) is 5.69 Å². The number of fused-ring (bicyclic) bond motifs is 1. The maximum absolute atomic E-state index is 8.99. The van der Waals surface area contributed by atoms with Crippen LogP contribution >= 0.6 is 0 Å². The molecule has 0 spiro atoms. The van der Waals surface area contributed by atoms with Crippen LogP contribution in [0.4, 0.5) is 0 Å². The summed E-state index contributed by atoms with van der Waals surface area (Å²) in [6.07, 6.45) is 2.72. The van der Waals surface area contributed by atoms with Crippen LogP contribution in [0.15, 0.2) is 34.9 Å². The number of aromatic nitrogens is 4. The van der Waals surface area contributed by atoms with Gasteiger partial charge in [-0.1, -0.05) is 0 Å². The topological polar surface area (TPSA) is 86.7 Å². The maximum Gasteiger partial charge on any atom is 0.162 e. The fourth-order valence-electron chi connectivity index (χ4n) is 2.94. The molecule has 0 saturated carbocycles. The smallest absolute Gasteiger partial charge is 0.162 e. The minimum absolute atomic E-state index is 0.487. The van der Waals surface area contributed by atoms with E-state index < -0.39 is 0 Å². The van der Waals surface area contributed by atoms with Crippen LogP contribution in [0.5, 0.6) is 0 Å². The monoisotopic (exact) mass is 308 g/mol. The average molecular weight is 308 g/mol. The highest BCUT2D eigenvalue weighted by Crippen LogP contribution is 2.22. The van der Waals surface area contributed by atoms with E-state index in [-0.39, 0.29) is 0 Å². The van der Waals surface area contributed by atoms with Crippen molar-refractivity contribution in [2.75, 3.05) is 6.54 Å². The Labute approximate surface area is 133 Å². The molecule has 0 atom stereocenters. The van der Waals surface area contributed by atoms with E-state index in [0.717, 1.165) is 55.5 Å². The first-order valence-corrected chi connectivity index (χ1v) is 7.59. The van der Waals surface area contributed by atoms with E-state index in [9.17, 15) is 0 Å². The van der Waals surface area contributed by atoms with Crippen molar-refractivity contribution in [3.8, 4) is 17.5 Å². The van der Waals surface area contributed by atoms with Gasteiger partial charge in [-0.05, 0) is 30.7 Å². The fraction of sp³-hybridized carbons (Fsp3) is 0.312. The number of H-pyrrole nitrogens is 1. The molecule has 4 heterocycles. The minimum atomic E-state index is 0.487. The molecule has 0 unspecified atom stereocenters. The zero-order valence-corrected chi connectivity index (χ0v) is 12.6. The maximum atomic E-state index is 8.99. The van der Waals surface area contributed by atoms with Gasteiger partial charge in [-0.3, -0.25) is 14.7 Å². The Morgan fingerprint density at radius 3 is 3.09 bits per heavy atom. The molecular weight excluding hydrogens is 292 g/mol. The zero-order valence-electron chi connectivity index (χ0n) is 12.6. The molecule has 3 aromatic heterocycles. The Kier molecular flexibility index (Phi) is 3.44. The van der Waals surface area contributed by atoms with Gasteiger partial charge in [0.2, 0.25) is 0 Å². The van der Waals surface area contributed by atoms with E-state index in [1.54, 1.807) is 6.20 Å². The molecule has 0 aliphatic carbocycles. The van der Waals surface area contributed by atoms with Crippen molar-refractivity contribution in [3.05, 3.63) is 47.6 Å². The molecule has 0 saturated heterocycles. The lowest BCUT2D eigenvalue weighted by Gasteiger charge is -2.17. The first kappa shape index (κ1) is 13.8. The number of nitrogens with zero attached hydrogens (tertiary/aromatic N) is 5. The van der Waals surface area contributed by atoms with Gasteiger partial charge in [-0.25, -0.2) is 0 Å². The summed E-state index contributed by atoms with van der Waals surface area (Å²) in [6.45, 7) is 3.34. The third-order valence-electron chi connectivity index (χ3n) is 4.02. The molecule has 1 N–H and O–H groups in total. The van der Waals surface area contributed by atoms with Crippen LogP contribution in [-0.4, -0.2) is 31.4 Å². The van der Waals surface area contributed by atoms with E-state index in [1.807, 2.05) is 28.9 Å². The molecule has 4 rings (SSSR count). The fourth-order valence-corrected chi connectivity index (χ4v) is 2.94. The summed E-state index contributed by atoms with van der Waals surface area (Å²) in [5.41, 5.74) is 2.45. The van der Waals surface area contributed by atoms with Crippen molar-refractivity contribution in [2.45, 2.75) is 26.1 Å². The van der Waals surface area contributed by atoms with Crippen molar-refractivity contribution in [2.24, 2.45) is 0 Å². The minimum Gasteiger partial charge on any atom is -0.458 e. The third-order valence-corrected chi connectivity index (χ3v) is 4.02. The number of nitriles is 1. The van der Waals surface area contributed by atoms with Gasteiger partial charge in [-0.15, -0.1) is 0 Å². The summed E-state index contributed by atoms with van der Waals surface area (Å²) >= 11 is 0. The standard InChI is InChI=1S/C16H16N6O/c17-9-12-8-13-10-21(6-1-7-22(13)20-12)11-14-2-3-16(23-14)15-4-5-18-19-15/h2-5,8H,1,6-7,10-11H2,(H,18,19). The molecule has 0 amide bonds. The Bertz CT molecular complexity index is 838. The largest absolute Gasteiger partial charge is 0.458 e. The van der Waals surface area contributed by atoms with Gasteiger partial charge < -0.3 is 4.42 Å². The first-order valence-electron chi connectivity index (χ1n) is 7.59. The van der Waals surface area contributed by atoms with Gasteiger partial charge in [-0.2, -0.15) is 15.5 Å².